The standard InChI is InChI=1S/C11H8Cl2N2O2/c12-10-14-8-9(15-10)17-11(13,16-8)6-7-4-2-1-3-5-7/h1-5H,6H2,(H,14,15). The molecular weight excluding hydrogens is 263 g/mol. The topological polar surface area (TPSA) is 47.1 Å². The van der Waals surface area contributed by atoms with E-state index < -0.39 is 5.25 Å². The number of halogens is 2. The fourth-order valence-corrected chi connectivity index (χ4v) is 2.15. The molecule has 0 saturated carbocycles. The van der Waals surface area contributed by atoms with Crippen LogP contribution >= 0.6 is 23.2 Å². The minimum Gasteiger partial charge on any atom is -0.418 e. The maximum Gasteiger partial charge on any atom is 0.339 e. The van der Waals surface area contributed by atoms with E-state index in [0.29, 0.717) is 18.2 Å². The molecule has 0 radical (unpaired) electrons. The van der Waals surface area contributed by atoms with Gasteiger partial charge < -0.3 is 9.47 Å². The smallest absolute Gasteiger partial charge is 0.339 e. The third-order valence-electron chi connectivity index (χ3n) is 2.37. The number of nitrogens with zero attached hydrogens (tertiary/aromatic N) is 1. The number of alkyl halides is 1. The van der Waals surface area contributed by atoms with Crippen molar-refractivity contribution in [2.75, 3.05) is 0 Å². The molecule has 0 fully saturated rings. The first kappa shape index (κ1) is 10.7. The summed E-state index contributed by atoms with van der Waals surface area (Å²) in [5, 5.41) is -1.03. The Hall–Kier alpha value is -1.39. The van der Waals surface area contributed by atoms with E-state index in [4.69, 9.17) is 32.7 Å². The van der Waals surface area contributed by atoms with Crippen molar-refractivity contribution >= 4 is 23.2 Å². The van der Waals surface area contributed by atoms with Crippen LogP contribution in [0.4, 0.5) is 0 Å². The monoisotopic (exact) mass is 270 g/mol. The van der Waals surface area contributed by atoms with Crippen LogP contribution in [-0.2, 0) is 6.42 Å². The first-order chi connectivity index (χ1) is 8.15. The lowest BCUT2D eigenvalue weighted by Crippen LogP contribution is -2.34. The van der Waals surface area contributed by atoms with Crippen molar-refractivity contribution in [1.82, 2.24) is 9.97 Å². The van der Waals surface area contributed by atoms with Crippen molar-refractivity contribution in [3.8, 4) is 11.8 Å². The molecule has 0 bridgehead atoms. The van der Waals surface area contributed by atoms with Gasteiger partial charge in [-0.25, -0.2) is 0 Å². The van der Waals surface area contributed by atoms with E-state index in [1.807, 2.05) is 30.3 Å². The van der Waals surface area contributed by atoms with Gasteiger partial charge in [-0.2, -0.15) is 4.98 Å². The predicted molar refractivity (Wildman–Crippen MR) is 63.6 cm³/mol. The zero-order valence-corrected chi connectivity index (χ0v) is 10.1. The SMILES string of the molecule is Clc1nc2c([nH]1)OC(Cl)(Cc1ccccc1)O2. The molecule has 2 heterocycles. The van der Waals surface area contributed by atoms with Crippen LogP contribution in [0.2, 0.25) is 5.28 Å². The average Bonchev–Trinajstić information content (AvgIpc) is 2.72. The molecule has 0 aliphatic carbocycles. The zero-order chi connectivity index (χ0) is 11.9. The van der Waals surface area contributed by atoms with Gasteiger partial charge in [0.15, 0.2) is 0 Å². The van der Waals surface area contributed by atoms with E-state index in [1.54, 1.807) is 0 Å². The molecule has 1 unspecified atom stereocenters. The molecule has 17 heavy (non-hydrogen) atoms. The van der Waals surface area contributed by atoms with Gasteiger partial charge in [0, 0.05) is 0 Å². The number of aromatic nitrogens is 2. The van der Waals surface area contributed by atoms with Gasteiger partial charge in [0.25, 0.3) is 11.8 Å². The van der Waals surface area contributed by atoms with E-state index in [-0.39, 0.29) is 5.28 Å². The fourth-order valence-electron chi connectivity index (χ4n) is 1.68. The molecule has 1 N–H and O–H groups in total. The van der Waals surface area contributed by atoms with Crippen molar-refractivity contribution in [2.45, 2.75) is 11.7 Å². The molecule has 1 aliphatic heterocycles. The van der Waals surface area contributed by atoms with Crippen LogP contribution in [0, 0.1) is 0 Å². The quantitative estimate of drug-likeness (QED) is 0.854. The number of nitrogens with one attached hydrogen (secondary N) is 1. The number of benzene rings is 1. The number of aromatic amines is 1. The molecule has 0 amide bonds. The second-order valence-corrected chi connectivity index (χ2v) is 4.62. The highest BCUT2D eigenvalue weighted by atomic mass is 35.5. The van der Waals surface area contributed by atoms with Crippen LogP contribution in [-0.4, -0.2) is 15.2 Å². The molecule has 0 saturated heterocycles. The first-order valence-corrected chi connectivity index (χ1v) is 5.77. The highest BCUT2D eigenvalue weighted by Gasteiger charge is 2.42. The number of ether oxygens (including phenoxy) is 2. The second-order valence-electron chi connectivity index (χ2n) is 3.69. The highest BCUT2D eigenvalue weighted by molar-refractivity contribution is 6.28. The molecule has 6 heteroatoms. The first-order valence-electron chi connectivity index (χ1n) is 5.01. The van der Waals surface area contributed by atoms with Crippen LogP contribution in [0.25, 0.3) is 0 Å². The molecule has 2 aromatic rings. The number of H-pyrrole nitrogens is 1. The Morgan fingerprint density at radius 1 is 1.24 bits per heavy atom. The van der Waals surface area contributed by atoms with Gasteiger partial charge in [-0.05, 0) is 28.8 Å². The van der Waals surface area contributed by atoms with Gasteiger partial charge in [-0.3, -0.25) is 4.98 Å². The molecule has 1 aliphatic rings. The number of hydrogen-bond acceptors (Lipinski definition) is 3. The van der Waals surface area contributed by atoms with E-state index in [0.717, 1.165) is 5.56 Å². The summed E-state index contributed by atoms with van der Waals surface area (Å²) in [5.41, 5.74) is 1.01. The van der Waals surface area contributed by atoms with Gasteiger partial charge in [0.2, 0.25) is 5.28 Å². The van der Waals surface area contributed by atoms with Crippen LogP contribution < -0.4 is 9.47 Å². The van der Waals surface area contributed by atoms with Crippen molar-refractivity contribution in [2.24, 2.45) is 0 Å². The lowest BCUT2D eigenvalue weighted by molar-refractivity contribution is -0.000995. The van der Waals surface area contributed by atoms with Crippen molar-refractivity contribution in [1.29, 1.82) is 0 Å². The molecule has 1 aromatic carbocycles. The summed E-state index contributed by atoms with van der Waals surface area (Å²) < 4.78 is 10.9. The number of fused-ring (bicyclic) bond motifs is 1. The highest BCUT2D eigenvalue weighted by Crippen LogP contribution is 2.41. The summed E-state index contributed by atoms with van der Waals surface area (Å²) in [5.74, 6) is 0.655. The van der Waals surface area contributed by atoms with Crippen LogP contribution in [0.1, 0.15) is 5.56 Å². The fraction of sp³-hybridized carbons (Fsp3) is 0.182. The molecule has 1 atom stereocenters. The maximum atomic E-state index is 6.22. The normalized spacial score (nSPS) is 16.1. The summed E-state index contributed by atoms with van der Waals surface area (Å²) in [6, 6.07) is 9.69. The molecule has 4 nitrogen and oxygen atoms in total. The Bertz CT molecular complexity index is 518. The summed E-state index contributed by atoms with van der Waals surface area (Å²) in [6.07, 6.45) is 0.414. The van der Waals surface area contributed by atoms with Crippen molar-refractivity contribution < 1.29 is 9.47 Å². The lowest BCUT2D eigenvalue weighted by atomic mass is 10.1. The van der Waals surface area contributed by atoms with Gasteiger partial charge in [-0.1, -0.05) is 30.3 Å². The van der Waals surface area contributed by atoms with Crippen molar-refractivity contribution in [3.63, 3.8) is 0 Å². The van der Waals surface area contributed by atoms with Crippen LogP contribution in [0.3, 0.4) is 0 Å². The lowest BCUT2D eigenvalue weighted by Gasteiger charge is -2.19. The molecule has 3 rings (SSSR count). The van der Waals surface area contributed by atoms with Crippen LogP contribution in [0.5, 0.6) is 11.8 Å². The van der Waals surface area contributed by atoms with Crippen LogP contribution in [0.15, 0.2) is 30.3 Å². The Kier molecular flexibility index (Phi) is 2.42. The van der Waals surface area contributed by atoms with Gasteiger partial charge >= 0.3 is 5.25 Å². The predicted octanol–water partition coefficient (Wildman–Crippen LogP) is 2.97. The van der Waals surface area contributed by atoms with Gasteiger partial charge in [0.1, 0.15) is 0 Å². The molecule has 1 aromatic heterocycles. The van der Waals surface area contributed by atoms with Crippen molar-refractivity contribution in [3.05, 3.63) is 41.2 Å². The largest absolute Gasteiger partial charge is 0.418 e. The number of imidazole rings is 1. The molecule has 0 spiro atoms. The average molecular weight is 271 g/mol. The third kappa shape index (κ3) is 2.06. The number of rotatable bonds is 2. The van der Waals surface area contributed by atoms with E-state index >= 15 is 0 Å². The molecular formula is C11H8Cl2N2O2. The summed E-state index contributed by atoms with van der Waals surface area (Å²) in [6.45, 7) is 0. The zero-order valence-electron chi connectivity index (χ0n) is 8.61. The Morgan fingerprint density at radius 3 is 2.71 bits per heavy atom. The van der Waals surface area contributed by atoms with Gasteiger partial charge in [-0.15, -0.1) is 0 Å². The Balaban J connectivity index is 1.80. The van der Waals surface area contributed by atoms with E-state index in [9.17, 15) is 0 Å². The Morgan fingerprint density at radius 2 is 2.00 bits per heavy atom. The van der Waals surface area contributed by atoms with E-state index in [1.165, 1.54) is 0 Å². The van der Waals surface area contributed by atoms with E-state index in [2.05, 4.69) is 9.97 Å². The summed E-state index contributed by atoms with van der Waals surface area (Å²) in [7, 11) is 0. The Labute approximate surface area is 107 Å². The molecule has 88 valence electrons. The summed E-state index contributed by atoms with van der Waals surface area (Å²) >= 11 is 11.9. The maximum absolute atomic E-state index is 6.22. The van der Waals surface area contributed by atoms with Gasteiger partial charge in [0.05, 0.1) is 6.42 Å². The third-order valence-corrected chi connectivity index (χ3v) is 2.84. The number of hydrogen-bond donors (Lipinski definition) is 1. The minimum absolute atomic E-state index is 0.216. The second kappa shape index (κ2) is 3.82. The summed E-state index contributed by atoms with van der Waals surface area (Å²) in [4.78, 5) is 6.63. The minimum atomic E-state index is -1.25.